The number of sulfonamides is 1. The van der Waals surface area contributed by atoms with Crippen molar-refractivity contribution in [1.82, 2.24) is 29.3 Å². The Bertz CT molecular complexity index is 690. The van der Waals surface area contributed by atoms with Gasteiger partial charge in [0.1, 0.15) is 12.2 Å². The molecule has 0 amide bonds. The highest BCUT2D eigenvalue weighted by atomic mass is 32.2. The Kier molecular flexibility index (Phi) is 2.84. The second kappa shape index (κ2) is 4.40. The predicted molar refractivity (Wildman–Crippen MR) is 62.1 cm³/mol. The van der Waals surface area contributed by atoms with Crippen LogP contribution in [0.5, 0.6) is 0 Å². The fraction of sp³-hybridized carbons (Fsp3) is 0.444. The molecule has 1 aliphatic rings. The van der Waals surface area contributed by atoms with E-state index in [-0.39, 0.29) is 23.7 Å². The highest BCUT2D eigenvalue weighted by molar-refractivity contribution is 7.89. The second-order valence-corrected chi connectivity index (χ2v) is 6.04. The maximum atomic E-state index is 12.4. The molecule has 0 saturated heterocycles. The van der Waals surface area contributed by atoms with Crippen LogP contribution in [0.2, 0.25) is 0 Å². The van der Waals surface area contributed by atoms with Crippen LogP contribution >= 0.6 is 0 Å². The summed E-state index contributed by atoms with van der Waals surface area (Å²) in [5, 5.41) is 22.8. The number of nitrogens with one attached hydrogen (secondary N) is 1. The molecule has 0 radical (unpaired) electrons. The van der Waals surface area contributed by atoms with Crippen molar-refractivity contribution in [3.63, 3.8) is 0 Å². The SMILES string of the molecule is O=S(=O)(c1[nH]ncc1CO)N1CCn2cnnc2C1. The summed E-state index contributed by atoms with van der Waals surface area (Å²) in [6.07, 6.45) is 2.88. The van der Waals surface area contributed by atoms with E-state index in [2.05, 4.69) is 20.4 Å². The van der Waals surface area contributed by atoms with Crippen molar-refractivity contribution in [3.8, 4) is 0 Å². The Balaban J connectivity index is 1.94. The first-order valence-electron chi connectivity index (χ1n) is 5.63. The smallest absolute Gasteiger partial charge is 0.260 e. The molecule has 0 spiro atoms. The van der Waals surface area contributed by atoms with E-state index in [1.54, 1.807) is 6.33 Å². The number of hydrogen-bond acceptors (Lipinski definition) is 6. The predicted octanol–water partition coefficient (Wildman–Crippen LogP) is -1.30. The maximum absolute atomic E-state index is 12.4. The largest absolute Gasteiger partial charge is 0.392 e. The number of H-pyrrole nitrogens is 1. The average molecular weight is 284 g/mol. The summed E-state index contributed by atoms with van der Waals surface area (Å²) in [6, 6.07) is 0. The minimum absolute atomic E-state index is 0.0667. The van der Waals surface area contributed by atoms with Gasteiger partial charge in [-0.25, -0.2) is 8.42 Å². The van der Waals surface area contributed by atoms with Gasteiger partial charge in [-0.1, -0.05) is 0 Å². The van der Waals surface area contributed by atoms with Crippen molar-refractivity contribution in [2.75, 3.05) is 6.54 Å². The van der Waals surface area contributed by atoms with Crippen molar-refractivity contribution < 1.29 is 13.5 Å². The molecule has 0 bridgehead atoms. The Morgan fingerprint density at radius 1 is 1.42 bits per heavy atom. The molecule has 3 heterocycles. The fourth-order valence-corrected chi connectivity index (χ4v) is 3.50. The van der Waals surface area contributed by atoms with Gasteiger partial charge < -0.3 is 9.67 Å². The molecular formula is C9H12N6O3S. The van der Waals surface area contributed by atoms with Crippen LogP contribution in [-0.4, -0.2) is 49.3 Å². The molecular weight excluding hydrogens is 272 g/mol. The van der Waals surface area contributed by atoms with E-state index in [0.29, 0.717) is 18.9 Å². The average Bonchev–Trinajstić information content (AvgIpc) is 3.06. The van der Waals surface area contributed by atoms with Crippen LogP contribution in [0, 0.1) is 0 Å². The lowest BCUT2D eigenvalue weighted by atomic mass is 10.4. The van der Waals surface area contributed by atoms with Gasteiger partial charge in [-0.15, -0.1) is 10.2 Å². The van der Waals surface area contributed by atoms with Crippen molar-refractivity contribution in [1.29, 1.82) is 0 Å². The van der Waals surface area contributed by atoms with E-state index in [1.807, 2.05) is 4.57 Å². The van der Waals surface area contributed by atoms with Gasteiger partial charge in [0, 0.05) is 18.7 Å². The van der Waals surface area contributed by atoms with E-state index in [4.69, 9.17) is 5.11 Å². The third-order valence-electron chi connectivity index (χ3n) is 3.05. The van der Waals surface area contributed by atoms with Crippen LogP contribution in [0.4, 0.5) is 0 Å². The van der Waals surface area contributed by atoms with E-state index in [9.17, 15) is 8.42 Å². The molecule has 0 atom stereocenters. The zero-order chi connectivity index (χ0) is 13.5. The summed E-state index contributed by atoms with van der Waals surface area (Å²) in [4.78, 5) is 0. The first kappa shape index (κ1) is 12.3. The van der Waals surface area contributed by atoms with Gasteiger partial charge in [-0.3, -0.25) is 5.10 Å². The summed E-state index contributed by atoms with van der Waals surface area (Å²) in [7, 11) is -3.71. The second-order valence-electron chi connectivity index (χ2n) is 4.16. The quantitative estimate of drug-likeness (QED) is 0.723. The van der Waals surface area contributed by atoms with E-state index in [1.165, 1.54) is 10.5 Å². The van der Waals surface area contributed by atoms with Crippen LogP contribution in [0.1, 0.15) is 11.4 Å². The number of fused-ring (bicyclic) bond motifs is 1. The van der Waals surface area contributed by atoms with Crippen molar-refractivity contribution >= 4 is 10.0 Å². The van der Waals surface area contributed by atoms with Gasteiger partial charge >= 0.3 is 0 Å². The topological polar surface area (TPSA) is 117 Å². The number of aromatic amines is 1. The third-order valence-corrected chi connectivity index (χ3v) is 4.91. The number of aliphatic hydroxyl groups is 1. The first-order valence-corrected chi connectivity index (χ1v) is 7.07. The molecule has 1 aliphatic heterocycles. The maximum Gasteiger partial charge on any atom is 0.260 e. The van der Waals surface area contributed by atoms with E-state index in [0.717, 1.165) is 0 Å². The van der Waals surface area contributed by atoms with Crippen LogP contribution < -0.4 is 0 Å². The Hall–Kier alpha value is -1.78. The lowest BCUT2D eigenvalue weighted by molar-refractivity contribution is 0.277. The van der Waals surface area contributed by atoms with Crippen molar-refractivity contribution in [2.24, 2.45) is 0 Å². The lowest BCUT2D eigenvalue weighted by Crippen LogP contribution is -2.38. The van der Waals surface area contributed by atoms with Gasteiger partial charge in [0.15, 0.2) is 5.03 Å². The third kappa shape index (κ3) is 1.93. The van der Waals surface area contributed by atoms with Gasteiger partial charge in [0.05, 0.1) is 19.3 Å². The van der Waals surface area contributed by atoms with Gasteiger partial charge in [0.2, 0.25) is 0 Å². The summed E-state index contributed by atoms with van der Waals surface area (Å²) in [5.74, 6) is 0.597. The minimum Gasteiger partial charge on any atom is -0.392 e. The molecule has 2 aromatic heterocycles. The van der Waals surface area contributed by atoms with Crippen LogP contribution in [0.15, 0.2) is 17.6 Å². The summed E-state index contributed by atoms with van der Waals surface area (Å²) in [6.45, 7) is 0.614. The number of aliphatic hydroxyl groups excluding tert-OH is 1. The highest BCUT2D eigenvalue weighted by Crippen LogP contribution is 2.21. The molecule has 2 aromatic rings. The number of rotatable bonds is 3. The molecule has 19 heavy (non-hydrogen) atoms. The van der Waals surface area contributed by atoms with Crippen LogP contribution in [0.25, 0.3) is 0 Å². The lowest BCUT2D eigenvalue weighted by Gasteiger charge is -2.25. The summed E-state index contributed by atoms with van der Waals surface area (Å²) in [5.41, 5.74) is 0.257. The fourth-order valence-electron chi connectivity index (χ4n) is 2.01. The zero-order valence-electron chi connectivity index (χ0n) is 9.89. The summed E-state index contributed by atoms with van der Waals surface area (Å²) < 4.78 is 28.0. The number of nitrogens with zero attached hydrogens (tertiary/aromatic N) is 5. The summed E-state index contributed by atoms with van der Waals surface area (Å²) >= 11 is 0. The van der Waals surface area contributed by atoms with Gasteiger partial charge in [-0.2, -0.15) is 9.40 Å². The molecule has 0 saturated carbocycles. The molecule has 2 N–H and O–H groups in total. The molecule has 3 rings (SSSR count). The molecule has 10 heteroatoms. The van der Waals surface area contributed by atoms with Gasteiger partial charge in [0.25, 0.3) is 10.0 Å². The van der Waals surface area contributed by atoms with Crippen molar-refractivity contribution in [2.45, 2.75) is 24.7 Å². The molecule has 0 fully saturated rings. The molecule has 0 aliphatic carbocycles. The van der Waals surface area contributed by atoms with Crippen LogP contribution in [0.3, 0.4) is 0 Å². The monoisotopic (exact) mass is 284 g/mol. The molecule has 9 nitrogen and oxygen atoms in total. The molecule has 0 aromatic carbocycles. The number of aromatic nitrogens is 5. The van der Waals surface area contributed by atoms with Gasteiger partial charge in [-0.05, 0) is 0 Å². The highest BCUT2D eigenvalue weighted by Gasteiger charge is 2.32. The van der Waals surface area contributed by atoms with Crippen molar-refractivity contribution in [3.05, 3.63) is 23.9 Å². The van der Waals surface area contributed by atoms with E-state index < -0.39 is 10.0 Å². The Labute approximate surface area is 108 Å². The molecule has 102 valence electrons. The Morgan fingerprint density at radius 3 is 3.05 bits per heavy atom. The first-order chi connectivity index (χ1) is 9.13. The standard InChI is InChI=1S/C9H12N6O3S/c16-5-7-3-10-13-9(7)19(17,18)15-2-1-14-6-11-12-8(14)4-15/h3,6,16H,1-2,4-5H2,(H,10,13). The van der Waals surface area contributed by atoms with Crippen LogP contribution in [-0.2, 0) is 29.7 Å². The zero-order valence-corrected chi connectivity index (χ0v) is 10.7. The molecule has 0 unspecified atom stereocenters. The van der Waals surface area contributed by atoms with E-state index >= 15 is 0 Å². The normalized spacial score (nSPS) is 16.5. The number of hydrogen-bond donors (Lipinski definition) is 2. The Morgan fingerprint density at radius 2 is 2.26 bits per heavy atom. The minimum atomic E-state index is -3.71.